The Morgan fingerprint density at radius 2 is 1.73 bits per heavy atom. The summed E-state index contributed by atoms with van der Waals surface area (Å²) in [5, 5.41) is 3.60. The molecule has 84 valence electrons. The predicted molar refractivity (Wildman–Crippen MR) is 67.1 cm³/mol. The van der Waals surface area contributed by atoms with Crippen LogP contribution < -0.4 is 5.32 Å². The van der Waals surface area contributed by atoms with Crippen LogP contribution in [0.3, 0.4) is 0 Å². The molecule has 15 heavy (non-hydrogen) atoms. The second kappa shape index (κ2) is 6.62. The average molecular weight is 205 g/mol. The molecule has 0 unspecified atom stereocenters. The van der Waals surface area contributed by atoms with Gasteiger partial charge in [0.2, 0.25) is 0 Å². The Morgan fingerprint density at radius 1 is 1.07 bits per heavy atom. The molecule has 0 radical (unpaired) electrons. The van der Waals surface area contributed by atoms with Crippen molar-refractivity contribution in [3.8, 4) is 0 Å². The molecule has 0 fully saturated rings. The highest BCUT2D eigenvalue weighted by molar-refractivity contribution is 5.14. The average Bonchev–Trinajstić information content (AvgIpc) is 2.27. The number of nitrogens with one attached hydrogen (secondary N) is 1. The van der Waals surface area contributed by atoms with Gasteiger partial charge in [-0.3, -0.25) is 0 Å². The van der Waals surface area contributed by atoms with Gasteiger partial charge in [-0.05, 0) is 38.7 Å². The molecule has 1 heteroatoms. The van der Waals surface area contributed by atoms with Crippen LogP contribution in [0.2, 0.25) is 0 Å². The van der Waals surface area contributed by atoms with E-state index in [9.17, 15) is 0 Å². The number of hydrogen-bond donors (Lipinski definition) is 1. The smallest absolute Gasteiger partial charge is 0.00443 e. The second-order valence-electron chi connectivity index (χ2n) is 4.40. The number of rotatable bonds is 6. The molecule has 0 spiro atoms. The summed E-state index contributed by atoms with van der Waals surface area (Å²) < 4.78 is 0. The maximum absolute atomic E-state index is 3.60. The first-order valence-electron chi connectivity index (χ1n) is 6.02. The molecule has 0 aliphatic carbocycles. The molecule has 0 aliphatic heterocycles. The Labute approximate surface area is 93.9 Å². The van der Waals surface area contributed by atoms with Gasteiger partial charge >= 0.3 is 0 Å². The summed E-state index contributed by atoms with van der Waals surface area (Å²) in [5.74, 6) is 0. The van der Waals surface area contributed by atoms with E-state index in [4.69, 9.17) is 0 Å². The van der Waals surface area contributed by atoms with Gasteiger partial charge in [-0.2, -0.15) is 0 Å². The van der Waals surface area contributed by atoms with Crippen LogP contribution in [-0.2, 0) is 6.42 Å². The van der Waals surface area contributed by atoms with Crippen molar-refractivity contribution in [1.29, 1.82) is 0 Å². The van der Waals surface area contributed by atoms with Crippen molar-refractivity contribution in [3.63, 3.8) is 0 Å². The van der Waals surface area contributed by atoms with Crippen LogP contribution in [0.4, 0.5) is 0 Å². The zero-order valence-corrected chi connectivity index (χ0v) is 10.2. The van der Waals surface area contributed by atoms with Crippen LogP contribution in [0.5, 0.6) is 0 Å². The molecule has 1 aromatic rings. The summed E-state index contributed by atoms with van der Waals surface area (Å²) in [4.78, 5) is 0. The fraction of sp³-hybridized carbons (Fsp3) is 0.571. The van der Waals surface area contributed by atoms with Crippen molar-refractivity contribution in [1.82, 2.24) is 5.32 Å². The third-order valence-corrected chi connectivity index (χ3v) is 2.89. The van der Waals surface area contributed by atoms with E-state index in [-0.39, 0.29) is 0 Å². The van der Waals surface area contributed by atoms with E-state index in [1.165, 1.54) is 24.8 Å². The lowest BCUT2D eigenvalue weighted by Gasteiger charge is -2.18. The normalized spacial score (nSPS) is 14.9. The van der Waals surface area contributed by atoms with Gasteiger partial charge in [-0.25, -0.2) is 0 Å². The first-order chi connectivity index (χ1) is 7.22. The van der Waals surface area contributed by atoms with Crippen molar-refractivity contribution >= 4 is 0 Å². The molecule has 1 nitrogen and oxygen atoms in total. The van der Waals surface area contributed by atoms with Crippen LogP contribution >= 0.6 is 0 Å². The summed E-state index contributed by atoms with van der Waals surface area (Å²) >= 11 is 0. The topological polar surface area (TPSA) is 12.0 Å². The van der Waals surface area contributed by atoms with Crippen LogP contribution in [0, 0.1) is 0 Å². The van der Waals surface area contributed by atoms with E-state index in [0.29, 0.717) is 12.1 Å². The lowest BCUT2D eigenvalue weighted by molar-refractivity contribution is 0.438. The minimum absolute atomic E-state index is 0.611. The third-order valence-electron chi connectivity index (χ3n) is 2.89. The van der Waals surface area contributed by atoms with Crippen LogP contribution in [0.1, 0.15) is 39.2 Å². The lowest BCUT2D eigenvalue weighted by Crippen LogP contribution is -2.34. The van der Waals surface area contributed by atoms with Crippen molar-refractivity contribution in [2.45, 2.75) is 52.1 Å². The summed E-state index contributed by atoms with van der Waals surface area (Å²) in [7, 11) is 0. The van der Waals surface area contributed by atoms with Crippen LogP contribution in [0.15, 0.2) is 30.3 Å². The van der Waals surface area contributed by atoms with Crippen LogP contribution in [-0.4, -0.2) is 12.1 Å². The Kier molecular flexibility index (Phi) is 5.41. The molecule has 0 amide bonds. The molecule has 2 atom stereocenters. The largest absolute Gasteiger partial charge is 0.312 e. The first kappa shape index (κ1) is 12.3. The van der Waals surface area contributed by atoms with Crippen molar-refractivity contribution in [3.05, 3.63) is 35.9 Å². The number of hydrogen-bond acceptors (Lipinski definition) is 1. The summed E-state index contributed by atoms with van der Waals surface area (Å²) in [6.45, 7) is 6.75. The summed E-state index contributed by atoms with van der Waals surface area (Å²) in [5.41, 5.74) is 1.44. The first-order valence-corrected chi connectivity index (χ1v) is 6.02. The highest BCUT2D eigenvalue weighted by Crippen LogP contribution is 2.05. The maximum Gasteiger partial charge on any atom is 0.00443 e. The fourth-order valence-electron chi connectivity index (χ4n) is 1.71. The second-order valence-corrected chi connectivity index (χ2v) is 4.40. The lowest BCUT2D eigenvalue weighted by atomic mass is 10.1. The van der Waals surface area contributed by atoms with Gasteiger partial charge in [0.15, 0.2) is 0 Å². The highest BCUT2D eigenvalue weighted by Gasteiger charge is 2.05. The molecule has 0 saturated heterocycles. The SMILES string of the molecule is CC[C@H](C)N[C@H](C)CCc1ccccc1. The maximum atomic E-state index is 3.60. The van der Waals surface area contributed by atoms with E-state index >= 15 is 0 Å². The predicted octanol–water partition coefficient (Wildman–Crippen LogP) is 3.40. The Hall–Kier alpha value is -0.820. The standard InChI is InChI=1S/C14H23N/c1-4-12(2)15-13(3)10-11-14-8-6-5-7-9-14/h5-9,12-13,15H,4,10-11H2,1-3H3/t12-,13+/m0/s1. The Bertz CT molecular complexity index is 255. The molecule has 0 aliphatic rings. The van der Waals surface area contributed by atoms with Crippen LogP contribution in [0.25, 0.3) is 0 Å². The number of benzene rings is 1. The van der Waals surface area contributed by atoms with Gasteiger partial charge in [0.05, 0.1) is 0 Å². The molecule has 0 heterocycles. The number of aryl methyl sites for hydroxylation is 1. The van der Waals surface area contributed by atoms with Gasteiger partial charge in [0.25, 0.3) is 0 Å². The molecule has 0 aromatic heterocycles. The van der Waals surface area contributed by atoms with Gasteiger partial charge < -0.3 is 5.32 Å². The Balaban J connectivity index is 2.25. The monoisotopic (exact) mass is 205 g/mol. The van der Waals surface area contributed by atoms with Crippen molar-refractivity contribution in [2.75, 3.05) is 0 Å². The van der Waals surface area contributed by atoms with E-state index in [2.05, 4.69) is 56.4 Å². The molecule has 1 rings (SSSR count). The van der Waals surface area contributed by atoms with E-state index in [1.54, 1.807) is 0 Å². The van der Waals surface area contributed by atoms with Crippen molar-refractivity contribution in [2.24, 2.45) is 0 Å². The zero-order valence-electron chi connectivity index (χ0n) is 10.2. The minimum atomic E-state index is 0.611. The summed E-state index contributed by atoms with van der Waals surface area (Å²) in [6.07, 6.45) is 3.59. The van der Waals surface area contributed by atoms with E-state index < -0.39 is 0 Å². The Morgan fingerprint density at radius 3 is 2.33 bits per heavy atom. The van der Waals surface area contributed by atoms with E-state index in [1.807, 2.05) is 0 Å². The zero-order chi connectivity index (χ0) is 11.1. The van der Waals surface area contributed by atoms with Gasteiger partial charge in [0, 0.05) is 12.1 Å². The molecule has 0 saturated carbocycles. The van der Waals surface area contributed by atoms with Gasteiger partial charge in [-0.15, -0.1) is 0 Å². The summed E-state index contributed by atoms with van der Waals surface area (Å²) in [6, 6.07) is 12.0. The molecule has 1 N–H and O–H groups in total. The molecular formula is C14H23N. The molecule has 0 bridgehead atoms. The van der Waals surface area contributed by atoms with Gasteiger partial charge in [-0.1, -0.05) is 37.3 Å². The molecular weight excluding hydrogens is 182 g/mol. The van der Waals surface area contributed by atoms with Crippen molar-refractivity contribution < 1.29 is 0 Å². The highest BCUT2D eigenvalue weighted by atomic mass is 14.9. The minimum Gasteiger partial charge on any atom is -0.312 e. The molecule has 1 aromatic carbocycles. The fourth-order valence-corrected chi connectivity index (χ4v) is 1.71. The van der Waals surface area contributed by atoms with Gasteiger partial charge in [0.1, 0.15) is 0 Å². The third kappa shape index (κ3) is 4.98. The van der Waals surface area contributed by atoms with E-state index in [0.717, 1.165) is 0 Å². The quantitative estimate of drug-likeness (QED) is 0.750.